The molecule has 0 spiro atoms. The maximum Gasteiger partial charge on any atom is 0.221 e. The van der Waals surface area contributed by atoms with E-state index >= 15 is 0 Å². The first kappa shape index (κ1) is 13.9. The van der Waals surface area contributed by atoms with Gasteiger partial charge in [-0.15, -0.1) is 0 Å². The van der Waals surface area contributed by atoms with Crippen LogP contribution in [0.1, 0.15) is 31.2 Å². The lowest BCUT2D eigenvalue weighted by atomic mass is 10.0. The smallest absolute Gasteiger partial charge is 0.221 e. The average Bonchev–Trinajstić information content (AvgIpc) is 3.26. The number of aryl methyl sites for hydroxylation is 1. The molecule has 1 amide bonds. The first-order chi connectivity index (χ1) is 11.1. The molecular formula is C18H18N4O. The predicted molar refractivity (Wildman–Crippen MR) is 90.2 cm³/mol. The van der Waals surface area contributed by atoms with Gasteiger partial charge in [0.25, 0.3) is 0 Å². The van der Waals surface area contributed by atoms with Crippen LogP contribution in [0.4, 0.5) is 5.69 Å². The van der Waals surface area contributed by atoms with Gasteiger partial charge in [-0.3, -0.25) is 9.48 Å². The zero-order valence-corrected chi connectivity index (χ0v) is 13.2. The highest BCUT2D eigenvalue weighted by Crippen LogP contribution is 2.44. The van der Waals surface area contributed by atoms with Crippen molar-refractivity contribution >= 4 is 22.5 Å². The van der Waals surface area contributed by atoms with Crippen molar-refractivity contribution in [3.8, 4) is 11.3 Å². The lowest BCUT2D eigenvalue weighted by Crippen LogP contribution is -2.05. The Morgan fingerprint density at radius 2 is 2.13 bits per heavy atom. The third-order valence-corrected chi connectivity index (χ3v) is 4.18. The molecular weight excluding hydrogens is 288 g/mol. The fourth-order valence-corrected chi connectivity index (χ4v) is 2.97. The Labute approximate surface area is 134 Å². The van der Waals surface area contributed by atoms with E-state index in [9.17, 15) is 4.79 Å². The van der Waals surface area contributed by atoms with Gasteiger partial charge in [-0.05, 0) is 42.5 Å². The molecule has 2 heterocycles. The molecule has 3 aromatic rings. The molecule has 0 radical (unpaired) electrons. The molecule has 0 saturated heterocycles. The predicted octanol–water partition coefficient (Wildman–Crippen LogP) is 3.47. The highest BCUT2D eigenvalue weighted by molar-refractivity contribution is 5.94. The van der Waals surface area contributed by atoms with Gasteiger partial charge in [0.1, 0.15) is 0 Å². The number of rotatable bonds is 3. The zero-order chi connectivity index (χ0) is 16.0. The van der Waals surface area contributed by atoms with Crippen molar-refractivity contribution in [2.24, 2.45) is 7.05 Å². The second-order valence-corrected chi connectivity index (χ2v) is 6.19. The van der Waals surface area contributed by atoms with Crippen LogP contribution < -0.4 is 5.32 Å². The Morgan fingerprint density at radius 1 is 1.30 bits per heavy atom. The van der Waals surface area contributed by atoms with E-state index in [1.54, 1.807) is 4.68 Å². The molecule has 0 aliphatic heterocycles. The zero-order valence-electron chi connectivity index (χ0n) is 13.2. The Bertz CT molecular complexity index is 909. The highest BCUT2D eigenvalue weighted by atomic mass is 16.1. The lowest BCUT2D eigenvalue weighted by Gasteiger charge is -2.10. The molecule has 1 aliphatic rings. The summed E-state index contributed by atoms with van der Waals surface area (Å²) in [6.07, 6.45) is 6.28. The third kappa shape index (κ3) is 2.70. The molecule has 0 unspecified atom stereocenters. The molecule has 0 atom stereocenters. The van der Waals surface area contributed by atoms with Crippen LogP contribution in [-0.4, -0.2) is 20.7 Å². The summed E-state index contributed by atoms with van der Waals surface area (Å²) in [7, 11) is 1.90. The van der Waals surface area contributed by atoms with E-state index in [0.717, 1.165) is 22.5 Å². The summed E-state index contributed by atoms with van der Waals surface area (Å²) < 4.78 is 1.78. The minimum absolute atomic E-state index is 0.0739. The van der Waals surface area contributed by atoms with Crippen LogP contribution in [0.15, 0.2) is 36.7 Å². The fourth-order valence-electron chi connectivity index (χ4n) is 2.97. The largest absolute Gasteiger partial charge is 0.326 e. The van der Waals surface area contributed by atoms with Crippen LogP contribution in [0.2, 0.25) is 0 Å². The van der Waals surface area contributed by atoms with Crippen LogP contribution in [0, 0.1) is 0 Å². The molecule has 1 aromatic carbocycles. The summed E-state index contributed by atoms with van der Waals surface area (Å²) in [5, 5.41) is 8.24. The summed E-state index contributed by atoms with van der Waals surface area (Å²) in [6, 6.07) is 8.15. The number of amides is 1. The second-order valence-electron chi connectivity index (χ2n) is 6.19. The molecule has 4 rings (SSSR count). The summed E-state index contributed by atoms with van der Waals surface area (Å²) in [4.78, 5) is 16.1. The van der Waals surface area contributed by atoms with Gasteiger partial charge in [0.15, 0.2) is 0 Å². The number of hydrogen-bond donors (Lipinski definition) is 1. The van der Waals surface area contributed by atoms with Gasteiger partial charge in [0.05, 0.1) is 17.4 Å². The van der Waals surface area contributed by atoms with Gasteiger partial charge in [-0.2, -0.15) is 5.10 Å². The minimum atomic E-state index is -0.0739. The van der Waals surface area contributed by atoms with E-state index in [1.165, 1.54) is 30.7 Å². The maximum absolute atomic E-state index is 11.3. The number of benzene rings is 1. The van der Waals surface area contributed by atoms with Crippen molar-refractivity contribution in [3.63, 3.8) is 0 Å². The van der Waals surface area contributed by atoms with Crippen LogP contribution in [0.5, 0.6) is 0 Å². The van der Waals surface area contributed by atoms with Crippen molar-refractivity contribution < 1.29 is 4.79 Å². The number of carbonyl (C=O) groups excluding carboxylic acids is 1. The standard InChI is InChI=1S/C18H18N4O/c1-11(23)20-14-5-6-15-16(12-3-4-12)8-17(21-18(15)7-14)13-9-19-22(2)10-13/h5-10,12H,3-4H2,1-2H3,(H,20,23). The van der Waals surface area contributed by atoms with Crippen molar-refractivity contribution in [1.82, 2.24) is 14.8 Å². The highest BCUT2D eigenvalue weighted by Gasteiger charge is 2.26. The lowest BCUT2D eigenvalue weighted by molar-refractivity contribution is -0.114. The fraction of sp³-hybridized carbons (Fsp3) is 0.278. The van der Waals surface area contributed by atoms with Gasteiger partial charge >= 0.3 is 0 Å². The van der Waals surface area contributed by atoms with Crippen LogP contribution >= 0.6 is 0 Å². The number of nitrogens with one attached hydrogen (secondary N) is 1. The van der Waals surface area contributed by atoms with Crippen molar-refractivity contribution in [3.05, 3.63) is 42.2 Å². The maximum atomic E-state index is 11.3. The van der Waals surface area contributed by atoms with E-state index in [1.807, 2.05) is 31.6 Å². The van der Waals surface area contributed by atoms with E-state index in [-0.39, 0.29) is 5.91 Å². The third-order valence-electron chi connectivity index (χ3n) is 4.18. The molecule has 23 heavy (non-hydrogen) atoms. The van der Waals surface area contributed by atoms with Crippen molar-refractivity contribution in [2.45, 2.75) is 25.7 Å². The number of nitrogens with zero attached hydrogens (tertiary/aromatic N) is 3. The normalized spacial score (nSPS) is 14.2. The average molecular weight is 306 g/mol. The Balaban J connectivity index is 1.89. The molecule has 1 fully saturated rings. The van der Waals surface area contributed by atoms with Gasteiger partial charge < -0.3 is 5.32 Å². The molecule has 5 heteroatoms. The summed E-state index contributed by atoms with van der Waals surface area (Å²) in [5.74, 6) is 0.553. The SMILES string of the molecule is CC(=O)Nc1ccc2c(C3CC3)cc(-c3cnn(C)c3)nc2c1. The van der Waals surface area contributed by atoms with Crippen LogP contribution in [-0.2, 0) is 11.8 Å². The minimum Gasteiger partial charge on any atom is -0.326 e. The first-order valence-corrected chi connectivity index (χ1v) is 7.81. The Hall–Kier alpha value is -2.69. The van der Waals surface area contributed by atoms with Crippen molar-refractivity contribution in [1.29, 1.82) is 0 Å². The van der Waals surface area contributed by atoms with E-state index in [4.69, 9.17) is 4.98 Å². The van der Waals surface area contributed by atoms with Crippen molar-refractivity contribution in [2.75, 3.05) is 5.32 Å². The van der Waals surface area contributed by atoms with E-state index in [2.05, 4.69) is 22.5 Å². The number of anilines is 1. The molecule has 1 N–H and O–H groups in total. The molecule has 2 aromatic heterocycles. The number of hydrogen-bond acceptors (Lipinski definition) is 3. The van der Waals surface area contributed by atoms with Crippen LogP contribution in [0.3, 0.4) is 0 Å². The Morgan fingerprint density at radius 3 is 2.78 bits per heavy atom. The quantitative estimate of drug-likeness (QED) is 0.806. The summed E-state index contributed by atoms with van der Waals surface area (Å²) in [5.41, 5.74) is 5.00. The van der Waals surface area contributed by atoms with Gasteiger partial charge in [-0.1, -0.05) is 6.07 Å². The molecule has 0 bridgehead atoms. The Kier molecular flexibility index (Phi) is 3.15. The summed E-state index contributed by atoms with van der Waals surface area (Å²) in [6.45, 7) is 1.51. The topological polar surface area (TPSA) is 59.8 Å². The molecule has 5 nitrogen and oxygen atoms in total. The molecule has 116 valence electrons. The molecule has 1 aliphatic carbocycles. The second kappa shape index (κ2) is 5.19. The van der Waals surface area contributed by atoms with Crippen LogP contribution in [0.25, 0.3) is 22.2 Å². The van der Waals surface area contributed by atoms with Gasteiger partial charge in [-0.25, -0.2) is 4.98 Å². The number of aromatic nitrogens is 3. The number of fused-ring (bicyclic) bond motifs is 1. The molecule has 1 saturated carbocycles. The number of pyridine rings is 1. The van der Waals surface area contributed by atoms with Gasteiger partial charge in [0, 0.05) is 36.8 Å². The van der Waals surface area contributed by atoms with Gasteiger partial charge in [0.2, 0.25) is 5.91 Å². The summed E-state index contributed by atoms with van der Waals surface area (Å²) >= 11 is 0. The van der Waals surface area contributed by atoms with E-state index < -0.39 is 0 Å². The van der Waals surface area contributed by atoms with E-state index in [0.29, 0.717) is 5.92 Å². The monoisotopic (exact) mass is 306 g/mol. The number of carbonyl (C=O) groups is 1. The first-order valence-electron chi connectivity index (χ1n) is 7.81.